The summed E-state index contributed by atoms with van der Waals surface area (Å²) in [7, 11) is 0. The molecule has 1 heterocycles. The van der Waals surface area contributed by atoms with E-state index in [9.17, 15) is 9.18 Å². The molecule has 0 bridgehead atoms. The third-order valence-corrected chi connectivity index (χ3v) is 2.55. The van der Waals surface area contributed by atoms with E-state index in [2.05, 4.69) is 20.6 Å². The topological polar surface area (TPSA) is 66.9 Å². The Morgan fingerprint density at radius 3 is 3.00 bits per heavy atom. The van der Waals surface area contributed by atoms with Crippen LogP contribution in [0.1, 0.15) is 25.0 Å². The molecule has 0 unspecified atom stereocenters. The lowest BCUT2D eigenvalue weighted by atomic mass is 10.3. The lowest BCUT2D eigenvalue weighted by Crippen LogP contribution is -2.27. The van der Waals surface area contributed by atoms with Crippen LogP contribution in [0.25, 0.3) is 0 Å². The molecule has 1 aromatic rings. The number of carbonyl (C=O) groups is 1. The van der Waals surface area contributed by atoms with Crippen LogP contribution in [0.3, 0.4) is 0 Å². The van der Waals surface area contributed by atoms with Crippen LogP contribution in [0.5, 0.6) is 0 Å². The predicted octanol–water partition coefficient (Wildman–Crippen LogP) is 1.00. The highest BCUT2D eigenvalue weighted by atomic mass is 19.1. The minimum absolute atomic E-state index is 0.00816. The van der Waals surface area contributed by atoms with Crippen molar-refractivity contribution >= 4 is 11.7 Å². The second-order valence-corrected chi connectivity index (χ2v) is 4.14. The van der Waals surface area contributed by atoms with Gasteiger partial charge in [-0.15, -0.1) is 0 Å². The summed E-state index contributed by atoms with van der Waals surface area (Å²) in [6, 6.07) is 0.362. The highest BCUT2D eigenvalue weighted by Crippen LogP contribution is 2.18. The van der Waals surface area contributed by atoms with Crippen molar-refractivity contribution in [1.82, 2.24) is 15.3 Å². The molecule has 0 spiro atoms. The Bertz CT molecular complexity index is 420. The highest BCUT2D eigenvalue weighted by Gasteiger charge is 2.22. The van der Waals surface area contributed by atoms with Crippen LogP contribution in [0.4, 0.5) is 10.2 Å². The quantitative estimate of drug-likeness (QED) is 0.803. The van der Waals surface area contributed by atoms with E-state index < -0.39 is 5.82 Å². The number of nitrogens with one attached hydrogen (secondary N) is 2. The van der Waals surface area contributed by atoms with Crippen molar-refractivity contribution in [2.45, 2.75) is 32.2 Å². The zero-order valence-electron chi connectivity index (χ0n) is 9.66. The zero-order valence-corrected chi connectivity index (χ0v) is 9.66. The summed E-state index contributed by atoms with van der Waals surface area (Å²) in [4.78, 5) is 18.9. The number of aromatic nitrogens is 2. The van der Waals surface area contributed by atoms with Gasteiger partial charge in [0.25, 0.3) is 0 Å². The van der Waals surface area contributed by atoms with Crippen molar-refractivity contribution in [2.24, 2.45) is 0 Å². The average molecular weight is 238 g/mol. The Labute approximate surface area is 98.8 Å². The van der Waals surface area contributed by atoms with Crippen molar-refractivity contribution in [3.8, 4) is 0 Å². The lowest BCUT2D eigenvalue weighted by molar-refractivity contribution is -0.120. The van der Waals surface area contributed by atoms with Crippen molar-refractivity contribution in [3.63, 3.8) is 0 Å². The maximum absolute atomic E-state index is 13.5. The van der Waals surface area contributed by atoms with Gasteiger partial charge in [-0.25, -0.2) is 14.4 Å². The molecule has 6 heteroatoms. The summed E-state index contributed by atoms with van der Waals surface area (Å²) < 4.78 is 13.5. The molecule has 1 saturated carbocycles. The van der Waals surface area contributed by atoms with Gasteiger partial charge in [-0.05, 0) is 19.8 Å². The fourth-order valence-electron chi connectivity index (χ4n) is 1.40. The number of carbonyl (C=O) groups excluding carboxylic acids is 1. The van der Waals surface area contributed by atoms with Gasteiger partial charge in [0.05, 0.1) is 5.69 Å². The fraction of sp³-hybridized carbons (Fsp3) is 0.545. The Kier molecular flexibility index (Phi) is 3.51. The van der Waals surface area contributed by atoms with E-state index >= 15 is 0 Å². The van der Waals surface area contributed by atoms with Gasteiger partial charge in [0.15, 0.2) is 11.6 Å². The number of rotatable bonds is 5. The van der Waals surface area contributed by atoms with E-state index in [4.69, 9.17) is 0 Å². The van der Waals surface area contributed by atoms with Gasteiger partial charge in [0.1, 0.15) is 6.33 Å². The molecule has 0 saturated heterocycles. The smallest absolute Gasteiger partial charge is 0.221 e. The molecule has 1 aliphatic carbocycles. The first-order valence-corrected chi connectivity index (χ1v) is 5.67. The van der Waals surface area contributed by atoms with Crippen LogP contribution in [0.15, 0.2) is 6.33 Å². The summed E-state index contributed by atoms with van der Waals surface area (Å²) in [6.45, 7) is 1.94. The van der Waals surface area contributed by atoms with E-state index in [1.54, 1.807) is 6.92 Å². The molecule has 0 aromatic carbocycles. The number of hydrogen-bond acceptors (Lipinski definition) is 4. The van der Waals surface area contributed by atoms with Gasteiger partial charge in [0.2, 0.25) is 5.91 Å². The number of halogens is 1. The van der Waals surface area contributed by atoms with Gasteiger partial charge in [0, 0.05) is 19.0 Å². The first kappa shape index (κ1) is 11.8. The molecule has 1 aliphatic rings. The molecule has 92 valence electrons. The molecule has 1 fully saturated rings. The van der Waals surface area contributed by atoms with Gasteiger partial charge >= 0.3 is 0 Å². The minimum Gasteiger partial charge on any atom is -0.367 e. The minimum atomic E-state index is -0.463. The summed E-state index contributed by atoms with van der Waals surface area (Å²) in [6.07, 6.45) is 3.75. The van der Waals surface area contributed by atoms with E-state index in [0.29, 0.717) is 24.7 Å². The van der Waals surface area contributed by atoms with Crippen LogP contribution in [0, 0.1) is 12.7 Å². The molecule has 1 aromatic heterocycles. The summed E-state index contributed by atoms with van der Waals surface area (Å²) in [5.41, 5.74) is 0.296. The summed E-state index contributed by atoms with van der Waals surface area (Å²) in [5, 5.41) is 5.65. The first-order chi connectivity index (χ1) is 8.16. The predicted molar refractivity (Wildman–Crippen MR) is 61.0 cm³/mol. The molecule has 2 N–H and O–H groups in total. The number of amides is 1. The maximum atomic E-state index is 13.5. The third kappa shape index (κ3) is 3.37. The molecule has 5 nitrogen and oxygen atoms in total. The van der Waals surface area contributed by atoms with Crippen molar-refractivity contribution in [1.29, 1.82) is 0 Å². The van der Waals surface area contributed by atoms with Gasteiger partial charge < -0.3 is 10.6 Å². The Hall–Kier alpha value is -1.72. The Balaban J connectivity index is 1.77. The largest absolute Gasteiger partial charge is 0.367 e. The molecule has 0 radical (unpaired) electrons. The second-order valence-electron chi connectivity index (χ2n) is 4.14. The van der Waals surface area contributed by atoms with E-state index in [0.717, 1.165) is 12.8 Å². The molecule has 0 atom stereocenters. The van der Waals surface area contributed by atoms with Gasteiger partial charge in [-0.2, -0.15) is 0 Å². The van der Waals surface area contributed by atoms with Crippen molar-refractivity contribution in [2.75, 3.05) is 11.9 Å². The standard InChI is InChI=1S/C11H15FN4O/c1-7-10(12)11(15-6-14-7)13-5-4-9(17)16-8-2-3-8/h6,8H,2-5H2,1H3,(H,16,17)(H,13,14,15). The monoisotopic (exact) mass is 238 g/mol. The third-order valence-electron chi connectivity index (χ3n) is 2.55. The van der Waals surface area contributed by atoms with Crippen LogP contribution in [-0.2, 0) is 4.79 Å². The van der Waals surface area contributed by atoms with Crippen LogP contribution in [-0.4, -0.2) is 28.5 Å². The average Bonchev–Trinajstić information content (AvgIpc) is 3.08. The van der Waals surface area contributed by atoms with Crippen LogP contribution >= 0.6 is 0 Å². The van der Waals surface area contributed by atoms with E-state index in [-0.39, 0.29) is 11.7 Å². The van der Waals surface area contributed by atoms with Crippen LogP contribution in [0.2, 0.25) is 0 Å². The van der Waals surface area contributed by atoms with Gasteiger partial charge in [-0.3, -0.25) is 4.79 Å². The Morgan fingerprint density at radius 1 is 1.53 bits per heavy atom. The molecular weight excluding hydrogens is 223 g/mol. The normalized spacial score (nSPS) is 14.5. The summed E-state index contributed by atoms with van der Waals surface area (Å²) >= 11 is 0. The van der Waals surface area contributed by atoms with E-state index in [1.807, 2.05) is 0 Å². The fourth-order valence-corrected chi connectivity index (χ4v) is 1.40. The number of nitrogens with zero attached hydrogens (tertiary/aromatic N) is 2. The number of aryl methyl sites for hydroxylation is 1. The Morgan fingerprint density at radius 2 is 2.29 bits per heavy atom. The SMILES string of the molecule is Cc1ncnc(NCCC(=O)NC2CC2)c1F. The van der Waals surface area contributed by atoms with Gasteiger partial charge in [-0.1, -0.05) is 0 Å². The highest BCUT2D eigenvalue weighted by molar-refractivity contribution is 5.77. The molecule has 2 rings (SSSR count). The van der Waals surface area contributed by atoms with E-state index in [1.165, 1.54) is 6.33 Å². The molecule has 17 heavy (non-hydrogen) atoms. The molecule has 1 amide bonds. The maximum Gasteiger partial charge on any atom is 0.221 e. The van der Waals surface area contributed by atoms with Crippen molar-refractivity contribution < 1.29 is 9.18 Å². The number of anilines is 1. The molecular formula is C11H15FN4O. The summed E-state index contributed by atoms with van der Waals surface area (Å²) in [5.74, 6) is -0.321. The first-order valence-electron chi connectivity index (χ1n) is 5.67. The van der Waals surface area contributed by atoms with Crippen molar-refractivity contribution in [3.05, 3.63) is 17.8 Å². The zero-order chi connectivity index (χ0) is 12.3. The lowest BCUT2D eigenvalue weighted by Gasteiger charge is -2.07. The van der Waals surface area contributed by atoms with Crippen LogP contribution < -0.4 is 10.6 Å². The second kappa shape index (κ2) is 5.07. The number of hydrogen-bond donors (Lipinski definition) is 2. The molecule has 0 aliphatic heterocycles.